The second-order valence-corrected chi connectivity index (χ2v) is 6.49. The van der Waals surface area contributed by atoms with Gasteiger partial charge in [-0.3, -0.25) is 0 Å². The molecule has 1 aliphatic heterocycles. The molecular formula is C18H20BrNO. The van der Waals surface area contributed by atoms with Gasteiger partial charge in [-0.2, -0.15) is 0 Å². The Bertz CT molecular complexity index is 668. The molecule has 3 rings (SSSR count). The van der Waals surface area contributed by atoms with Crippen LogP contribution in [0.4, 0.5) is 0 Å². The highest BCUT2D eigenvalue weighted by Gasteiger charge is 2.22. The lowest BCUT2D eigenvalue weighted by atomic mass is 9.95. The number of ether oxygens (including phenoxy) is 1. The molecular weight excluding hydrogens is 326 g/mol. The predicted molar refractivity (Wildman–Crippen MR) is 90.0 cm³/mol. The number of hydrogen-bond acceptors (Lipinski definition) is 2. The van der Waals surface area contributed by atoms with Gasteiger partial charge in [0.2, 0.25) is 0 Å². The molecule has 3 heteroatoms. The number of rotatable bonds is 3. The van der Waals surface area contributed by atoms with Crippen molar-refractivity contribution in [2.75, 3.05) is 7.05 Å². The van der Waals surface area contributed by atoms with Crippen molar-refractivity contribution in [3.8, 4) is 5.75 Å². The molecule has 2 aromatic rings. The van der Waals surface area contributed by atoms with Crippen LogP contribution in [-0.4, -0.2) is 13.2 Å². The van der Waals surface area contributed by atoms with E-state index < -0.39 is 0 Å². The minimum atomic E-state index is 0.181. The summed E-state index contributed by atoms with van der Waals surface area (Å²) in [5.41, 5.74) is 5.11. The van der Waals surface area contributed by atoms with Gasteiger partial charge in [-0.05, 0) is 49.2 Å². The van der Waals surface area contributed by atoms with Gasteiger partial charge in [0.1, 0.15) is 11.9 Å². The predicted octanol–water partition coefficient (Wildman–Crippen LogP) is 4.39. The third kappa shape index (κ3) is 2.72. The fraction of sp³-hybridized carbons (Fsp3) is 0.333. The molecule has 1 N–H and O–H groups in total. The summed E-state index contributed by atoms with van der Waals surface area (Å²) in [7, 11) is 2.01. The maximum Gasteiger partial charge on any atom is 0.123 e. The van der Waals surface area contributed by atoms with E-state index in [1.54, 1.807) is 0 Å². The molecule has 0 aromatic heterocycles. The van der Waals surface area contributed by atoms with E-state index in [0.29, 0.717) is 0 Å². The Balaban J connectivity index is 2.01. The summed E-state index contributed by atoms with van der Waals surface area (Å²) in [4.78, 5) is 0. The average Bonchev–Trinajstić information content (AvgIpc) is 2.83. The number of nitrogens with one attached hydrogen (secondary N) is 1. The third-order valence-electron chi connectivity index (χ3n) is 4.07. The average molecular weight is 346 g/mol. The smallest absolute Gasteiger partial charge is 0.123 e. The minimum absolute atomic E-state index is 0.181. The minimum Gasteiger partial charge on any atom is -0.490 e. The lowest BCUT2D eigenvalue weighted by Gasteiger charge is -2.20. The van der Waals surface area contributed by atoms with Crippen LogP contribution in [0.25, 0.3) is 0 Å². The Morgan fingerprint density at radius 1 is 1.29 bits per heavy atom. The van der Waals surface area contributed by atoms with Crippen LogP contribution in [0.5, 0.6) is 5.75 Å². The fourth-order valence-corrected chi connectivity index (χ4v) is 3.51. The third-order valence-corrected chi connectivity index (χ3v) is 5.16. The Labute approximate surface area is 134 Å². The highest BCUT2D eigenvalue weighted by Crippen LogP contribution is 2.35. The topological polar surface area (TPSA) is 21.3 Å². The molecule has 0 fully saturated rings. The van der Waals surface area contributed by atoms with Gasteiger partial charge in [-0.1, -0.05) is 46.3 Å². The molecule has 110 valence electrons. The van der Waals surface area contributed by atoms with Crippen LogP contribution in [0.3, 0.4) is 0 Å². The molecule has 1 heterocycles. The van der Waals surface area contributed by atoms with Gasteiger partial charge in [0.05, 0.1) is 6.04 Å². The summed E-state index contributed by atoms with van der Waals surface area (Å²) in [6.45, 7) is 4.24. The molecule has 2 unspecified atom stereocenters. The summed E-state index contributed by atoms with van der Waals surface area (Å²) < 4.78 is 6.97. The monoisotopic (exact) mass is 345 g/mol. The number of benzene rings is 2. The molecule has 1 aliphatic rings. The molecule has 0 aliphatic carbocycles. The van der Waals surface area contributed by atoms with Gasteiger partial charge >= 0.3 is 0 Å². The molecule has 2 atom stereocenters. The Kier molecular flexibility index (Phi) is 4.05. The van der Waals surface area contributed by atoms with Crippen LogP contribution < -0.4 is 10.1 Å². The van der Waals surface area contributed by atoms with Crippen molar-refractivity contribution in [2.24, 2.45) is 0 Å². The molecule has 0 spiro atoms. The number of halogens is 1. The van der Waals surface area contributed by atoms with Crippen molar-refractivity contribution in [3.63, 3.8) is 0 Å². The second-order valence-electron chi connectivity index (χ2n) is 5.70. The zero-order valence-corrected chi connectivity index (χ0v) is 14.2. The van der Waals surface area contributed by atoms with E-state index in [-0.39, 0.29) is 12.1 Å². The van der Waals surface area contributed by atoms with Gasteiger partial charge in [0, 0.05) is 10.9 Å². The van der Waals surface area contributed by atoms with Gasteiger partial charge in [-0.25, -0.2) is 0 Å². The first-order valence-electron chi connectivity index (χ1n) is 7.32. The van der Waals surface area contributed by atoms with E-state index in [0.717, 1.165) is 12.2 Å². The van der Waals surface area contributed by atoms with Gasteiger partial charge in [-0.15, -0.1) is 0 Å². The van der Waals surface area contributed by atoms with Gasteiger partial charge in [0.15, 0.2) is 0 Å². The van der Waals surface area contributed by atoms with Crippen molar-refractivity contribution in [3.05, 3.63) is 63.1 Å². The molecule has 21 heavy (non-hydrogen) atoms. The molecule has 0 bridgehead atoms. The summed E-state index contributed by atoms with van der Waals surface area (Å²) in [6.07, 6.45) is 1.28. The van der Waals surface area contributed by atoms with E-state index in [1.807, 2.05) is 7.05 Å². The molecule has 2 aromatic carbocycles. The van der Waals surface area contributed by atoms with Crippen LogP contribution >= 0.6 is 15.9 Å². The van der Waals surface area contributed by atoms with Crippen molar-refractivity contribution in [1.82, 2.24) is 5.32 Å². The van der Waals surface area contributed by atoms with Crippen molar-refractivity contribution < 1.29 is 4.74 Å². The number of aryl methyl sites for hydroxylation is 1. The summed E-state index contributed by atoms with van der Waals surface area (Å²) in [6, 6.07) is 13.1. The Morgan fingerprint density at radius 3 is 2.86 bits per heavy atom. The summed E-state index contributed by atoms with van der Waals surface area (Å²) in [5, 5.41) is 3.43. The van der Waals surface area contributed by atoms with Crippen molar-refractivity contribution in [2.45, 2.75) is 32.4 Å². The largest absolute Gasteiger partial charge is 0.490 e. The van der Waals surface area contributed by atoms with E-state index in [1.165, 1.54) is 26.7 Å². The fourth-order valence-electron chi connectivity index (χ4n) is 3.02. The zero-order valence-electron chi connectivity index (χ0n) is 12.6. The maximum atomic E-state index is 5.79. The summed E-state index contributed by atoms with van der Waals surface area (Å²) >= 11 is 3.73. The molecule has 0 saturated heterocycles. The van der Waals surface area contributed by atoms with Crippen LogP contribution in [0.15, 0.2) is 40.9 Å². The molecule has 0 amide bonds. The highest BCUT2D eigenvalue weighted by atomic mass is 79.9. The zero-order chi connectivity index (χ0) is 15.0. The molecule has 0 saturated carbocycles. The lowest BCUT2D eigenvalue weighted by Crippen LogP contribution is -2.18. The first-order chi connectivity index (χ1) is 10.1. The van der Waals surface area contributed by atoms with E-state index >= 15 is 0 Å². The molecule has 2 nitrogen and oxygen atoms in total. The molecule has 0 radical (unpaired) electrons. The quantitative estimate of drug-likeness (QED) is 0.890. The number of hydrogen-bond donors (Lipinski definition) is 1. The van der Waals surface area contributed by atoms with Crippen molar-refractivity contribution >= 4 is 15.9 Å². The lowest BCUT2D eigenvalue weighted by molar-refractivity contribution is 0.254. The van der Waals surface area contributed by atoms with E-state index in [4.69, 9.17) is 4.74 Å². The normalized spacial score (nSPS) is 18.2. The first kappa shape index (κ1) is 14.6. The number of fused-ring (bicyclic) bond motifs is 1. The first-order valence-corrected chi connectivity index (χ1v) is 8.11. The van der Waals surface area contributed by atoms with Crippen LogP contribution in [0.2, 0.25) is 0 Å². The standard InChI is InChI=1S/C18H20BrNO/c1-11-5-4-6-15(17(11)19)18(20-3)13-7-8-16-14(10-13)9-12(2)21-16/h4-8,10,12,18,20H,9H2,1-3H3. The van der Waals surface area contributed by atoms with E-state index in [9.17, 15) is 0 Å². The van der Waals surface area contributed by atoms with E-state index in [2.05, 4.69) is 71.5 Å². The van der Waals surface area contributed by atoms with Gasteiger partial charge < -0.3 is 10.1 Å². The van der Waals surface area contributed by atoms with Crippen molar-refractivity contribution in [1.29, 1.82) is 0 Å². The van der Waals surface area contributed by atoms with Crippen LogP contribution in [0.1, 0.15) is 35.2 Å². The highest BCUT2D eigenvalue weighted by molar-refractivity contribution is 9.10. The van der Waals surface area contributed by atoms with Crippen LogP contribution in [-0.2, 0) is 6.42 Å². The Hall–Kier alpha value is -1.32. The Morgan fingerprint density at radius 2 is 2.10 bits per heavy atom. The SMILES string of the molecule is CNC(c1ccc2c(c1)CC(C)O2)c1cccc(C)c1Br. The summed E-state index contributed by atoms with van der Waals surface area (Å²) in [5.74, 6) is 1.03. The van der Waals surface area contributed by atoms with Crippen LogP contribution in [0, 0.1) is 6.92 Å². The van der Waals surface area contributed by atoms with Gasteiger partial charge in [0.25, 0.3) is 0 Å². The second kappa shape index (κ2) is 5.82. The maximum absolute atomic E-state index is 5.79.